The monoisotopic (exact) mass is 433 g/mol. The number of aliphatic imine (C=N–C) groups is 2. The number of nitrogens with one attached hydrogen (secondary N) is 1. The molecule has 5 nitrogen and oxygen atoms in total. The average molecular weight is 434 g/mol. The summed E-state index contributed by atoms with van der Waals surface area (Å²) in [6, 6.07) is 6.15. The quantitative estimate of drug-likeness (QED) is 0.334. The van der Waals surface area contributed by atoms with Gasteiger partial charge >= 0.3 is 0 Å². The number of aryl methyl sites for hydroxylation is 1. The van der Waals surface area contributed by atoms with Crippen molar-refractivity contribution in [2.24, 2.45) is 21.6 Å². The van der Waals surface area contributed by atoms with Crippen LogP contribution in [-0.2, 0) is 0 Å². The third-order valence-corrected chi connectivity index (χ3v) is 4.66. The summed E-state index contributed by atoms with van der Waals surface area (Å²) in [6.07, 6.45) is 9.49. The number of pyridine rings is 1. The van der Waals surface area contributed by atoms with E-state index < -0.39 is 0 Å². The number of nitrogens with zero attached hydrogens (tertiary/aromatic N) is 3. The van der Waals surface area contributed by atoms with Gasteiger partial charge in [-0.3, -0.25) is 4.99 Å². The Morgan fingerprint density at radius 2 is 1.84 bits per heavy atom. The summed E-state index contributed by atoms with van der Waals surface area (Å²) in [7, 11) is 0. The summed E-state index contributed by atoms with van der Waals surface area (Å²) < 4.78 is 0. The van der Waals surface area contributed by atoms with Gasteiger partial charge in [0.15, 0.2) is 5.82 Å². The van der Waals surface area contributed by atoms with Crippen LogP contribution < -0.4 is 11.1 Å². The zero-order valence-corrected chi connectivity index (χ0v) is 20.9. The van der Waals surface area contributed by atoms with Crippen LogP contribution in [0.5, 0.6) is 0 Å². The molecule has 0 atom stereocenters. The maximum absolute atomic E-state index is 5.99. The number of aromatic nitrogens is 1. The fraction of sp³-hybridized carbons (Fsp3) is 0.370. The van der Waals surface area contributed by atoms with Crippen molar-refractivity contribution in [2.75, 3.05) is 0 Å². The number of hydrogen-bond donors (Lipinski definition) is 2. The van der Waals surface area contributed by atoms with Crippen LogP contribution in [-0.4, -0.2) is 22.4 Å². The van der Waals surface area contributed by atoms with E-state index in [0.29, 0.717) is 11.9 Å². The lowest BCUT2D eigenvalue weighted by Gasteiger charge is -2.15. The highest BCUT2D eigenvalue weighted by atomic mass is 14.9. The zero-order chi connectivity index (χ0) is 24.3. The Balaban J connectivity index is 3.27. The van der Waals surface area contributed by atoms with Crippen LogP contribution in [0.4, 0.5) is 5.82 Å². The Labute approximate surface area is 194 Å². The minimum atomic E-state index is 0.215. The summed E-state index contributed by atoms with van der Waals surface area (Å²) >= 11 is 0. The Morgan fingerprint density at radius 3 is 2.38 bits per heavy atom. The third kappa shape index (κ3) is 8.88. The van der Waals surface area contributed by atoms with Crippen LogP contribution in [0.15, 0.2) is 87.8 Å². The van der Waals surface area contributed by atoms with Gasteiger partial charge in [-0.2, -0.15) is 0 Å². The minimum absolute atomic E-state index is 0.215. The second-order valence-electron chi connectivity index (χ2n) is 8.31. The van der Waals surface area contributed by atoms with Gasteiger partial charge in [0.05, 0.1) is 5.71 Å². The van der Waals surface area contributed by atoms with Crippen LogP contribution in [0.25, 0.3) is 0 Å². The lowest BCUT2D eigenvalue weighted by Crippen LogP contribution is -2.21. The molecular formula is C27H39N5. The maximum atomic E-state index is 5.99. The van der Waals surface area contributed by atoms with Crippen molar-refractivity contribution in [1.82, 2.24) is 10.3 Å². The molecule has 0 saturated heterocycles. The van der Waals surface area contributed by atoms with Gasteiger partial charge in [-0.25, -0.2) is 9.98 Å². The van der Waals surface area contributed by atoms with E-state index in [1.165, 1.54) is 0 Å². The van der Waals surface area contributed by atoms with Crippen molar-refractivity contribution >= 4 is 17.2 Å². The molecule has 0 aliphatic rings. The molecule has 0 saturated carbocycles. The maximum Gasteiger partial charge on any atom is 0.152 e. The summed E-state index contributed by atoms with van der Waals surface area (Å²) in [5.41, 5.74) is 12.4. The molecule has 1 heterocycles. The molecule has 0 aromatic carbocycles. The lowest BCUT2D eigenvalue weighted by atomic mass is 9.93. The van der Waals surface area contributed by atoms with Crippen molar-refractivity contribution < 1.29 is 0 Å². The predicted molar refractivity (Wildman–Crippen MR) is 140 cm³/mol. The lowest BCUT2D eigenvalue weighted by molar-refractivity contribution is 0.676. The molecule has 0 aliphatic carbocycles. The Bertz CT molecular complexity index is 970. The Kier molecular flexibility index (Phi) is 11.1. The van der Waals surface area contributed by atoms with Gasteiger partial charge in [0.1, 0.15) is 0 Å². The second-order valence-corrected chi connectivity index (χ2v) is 8.31. The van der Waals surface area contributed by atoms with Crippen LogP contribution in [0, 0.1) is 12.8 Å². The fourth-order valence-corrected chi connectivity index (χ4v) is 2.85. The molecule has 172 valence electrons. The molecule has 0 unspecified atom stereocenters. The van der Waals surface area contributed by atoms with Gasteiger partial charge in [0.25, 0.3) is 0 Å². The number of rotatable bonds is 10. The molecule has 3 N–H and O–H groups in total. The smallest absolute Gasteiger partial charge is 0.152 e. The highest BCUT2D eigenvalue weighted by Gasteiger charge is 2.14. The highest BCUT2D eigenvalue weighted by molar-refractivity contribution is 6.15. The molecule has 0 radical (unpaired) electrons. The molecular weight excluding hydrogens is 394 g/mol. The summed E-state index contributed by atoms with van der Waals surface area (Å²) in [5.74, 6) is 0.875. The van der Waals surface area contributed by atoms with Crippen molar-refractivity contribution in [3.63, 3.8) is 0 Å². The Hall–Kier alpha value is -3.21. The van der Waals surface area contributed by atoms with E-state index in [1.807, 2.05) is 70.3 Å². The van der Waals surface area contributed by atoms with E-state index in [9.17, 15) is 0 Å². The first kappa shape index (κ1) is 26.8. The van der Waals surface area contributed by atoms with Crippen molar-refractivity contribution in [1.29, 1.82) is 0 Å². The predicted octanol–water partition coefficient (Wildman–Crippen LogP) is 6.34. The van der Waals surface area contributed by atoms with E-state index >= 15 is 0 Å². The zero-order valence-electron chi connectivity index (χ0n) is 20.9. The van der Waals surface area contributed by atoms with E-state index in [4.69, 9.17) is 10.7 Å². The molecule has 0 aliphatic heterocycles. The van der Waals surface area contributed by atoms with Gasteiger partial charge < -0.3 is 11.1 Å². The van der Waals surface area contributed by atoms with Crippen LogP contribution >= 0.6 is 0 Å². The number of hydrogen-bond acceptors (Lipinski definition) is 5. The summed E-state index contributed by atoms with van der Waals surface area (Å²) in [6.45, 7) is 20.3. The van der Waals surface area contributed by atoms with Gasteiger partial charge in [-0.05, 0) is 88.6 Å². The second kappa shape index (κ2) is 13.3. The van der Waals surface area contributed by atoms with Gasteiger partial charge in [-0.15, -0.1) is 0 Å². The molecule has 1 aromatic heterocycles. The third-order valence-electron chi connectivity index (χ3n) is 4.66. The van der Waals surface area contributed by atoms with Crippen LogP contribution in [0.2, 0.25) is 0 Å². The normalized spacial score (nSPS) is 14.6. The molecule has 5 heteroatoms. The van der Waals surface area contributed by atoms with E-state index in [0.717, 1.165) is 39.5 Å². The highest BCUT2D eigenvalue weighted by Crippen LogP contribution is 2.21. The minimum Gasteiger partial charge on any atom is -0.404 e. The first-order valence-corrected chi connectivity index (χ1v) is 11.0. The van der Waals surface area contributed by atoms with E-state index in [-0.39, 0.29) is 5.92 Å². The SMILES string of the molecule is C=C(NC(C)C)/C(C)=C/N=C(C)/C=C\C(=C/C)C(=Nc1cccc(C)n1)C(=CN)C(C)C. The van der Waals surface area contributed by atoms with Crippen molar-refractivity contribution in [3.8, 4) is 0 Å². The largest absolute Gasteiger partial charge is 0.404 e. The first-order chi connectivity index (χ1) is 15.1. The molecule has 0 amide bonds. The molecule has 1 rings (SSSR count). The Morgan fingerprint density at radius 1 is 1.16 bits per heavy atom. The summed E-state index contributed by atoms with van der Waals surface area (Å²) in [5, 5.41) is 3.30. The van der Waals surface area contributed by atoms with E-state index in [2.05, 4.69) is 49.6 Å². The van der Waals surface area contributed by atoms with Gasteiger partial charge in [0.2, 0.25) is 0 Å². The standard InChI is InChI=1S/C27H39N5/c1-10-24(15-14-21(7)29-17-20(6)23(9)30-19(4)5)27(25(16-28)18(2)3)32-26-13-11-12-22(8)31-26/h10-19,30H,9,28H2,1-8H3/b15-14-,20-17+,24-10+,25-16?,29-21+,32-27?. The number of nitrogens with two attached hydrogens (primary N) is 1. The van der Waals surface area contributed by atoms with Crippen molar-refractivity contribution in [2.45, 2.75) is 61.4 Å². The molecule has 1 aromatic rings. The van der Waals surface area contributed by atoms with Crippen molar-refractivity contribution in [3.05, 3.63) is 83.5 Å². The molecule has 0 bridgehead atoms. The van der Waals surface area contributed by atoms with Crippen LogP contribution in [0.3, 0.4) is 0 Å². The number of allylic oxidation sites excluding steroid dienone is 6. The topological polar surface area (TPSA) is 75.7 Å². The van der Waals surface area contributed by atoms with E-state index in [1.54, 1.807) is 6.20 Å². The van der Waals surface area contributed by atoms with Gasteiger partial charge in [0, 0.05) is 29.3 Å². The molecule has 0 fully saturated rings. The van der Waals surface area contributed by atoms with Crippen LogP contribution in [0.1, 0.15) is 54.2 Å². The summed E-state index contributed by atoms with van der Waals surface area (Å²) in [4.78, 5) is 13.9. The van der Waals surface area contributed by atoms with Gasteiger partial charge in [-0.1, -0.05) is 38.6 Å². The first-order valence-electron chi connectivity index (χ1n) is 11.0. The molecule has 0 spiro atoms. The molecule has 32 heavy (non-hydrogen) atoms. The fourth-order valence-electron chi connectivity index (χ4n) is 2.85. The average Bonchev–Trinajstić information content (AvgIpc) is 2.71.